The lowest BCUT2D eigenvalue weighted by Gasteiger charge is -2.08. The lowest BCUT2D eigenvalue weighted by molar-refractivity contribution is 0.0697. The van der Waals surface area contributed by atoms with E-state index in [0.717, 1.165) is 5.56 Å². The smallest absolute Gasteiger partial charge is 0.335 e. The van der Waals surface area contributed by atoms with E-state index >= 15 is 0 Å². The Hall–Kier alpha value is -1.88. The Kier molecular flexibility index (Phi) is 4.66. The third kappa shape index (κ3) is 3.57. The number of ether oxygens (including phenoxy) is 1. The van der Waals surface area contributed by atoms with E-state index in [2.05, 4.69) is 5.32 Å². The molecule has 0 spiro atoms. The molecule has 0 radical (unpaired) electrons. The molecule has 1 aromatic rings. The van der Waals surface area contributed by atoms with Gasteiger partial charge in [-0.3, -0.25) is 4.79 Å². The van der Waals surface area contributed by atoms with Crippen LogP contribution in [-0.2, 0) is 4.74 Å². The standard InChI is InChI=1S/C12H15NO4/c1-8-3-4-9(12(15)16)7-10(8)11(14)13-5-6-17-2/h3-4,7H,5-6H2,1-2H3,(H,13,14)(H,15,16). The van der Waals surface area contributed by atoms with E-state index in [1.807, 2.05) is 0 Å². The van der Waals surface area contributed by atoms with Crippen LogP contribution in [0.4, 0.5) is 0 Å². The Morgan fingerprint density at radius 3 is 2.71 bits per heavy atom. The van der Waals surface area contributed by atoms with Crippen molar-refractivity contribution < 1.29 is 19.4 Å². The Morgan fingerprint density at radius 2 is 2.12 bits per heavy atom. The largest absolute Gasteiger partial charge is 0.478 e. The number of carboxylic acid groups (broad SMARTS) is 1. The number of nitrogens with one attached hydrogen (secondary N) is 1. The van der Waals surface area contributed by atoms with Gasteiger partial charge in [0.25, 0.3) is 5.91 Å². The maximum Gasteiger partial charge on any atom is 0.335 e. The maximum atomic E-state index is 11.8. The van der Waals surface area contributed by atoms with Crippen molar-refractivity contribution in [2.75, 3.05) is 20.3 Å². The second-order valence-corrected chi connectivity index (χ2v) is 3.58. The molecule has 1 rings (SSSR count). The molecular weight excluding hydrogens is 222 g/mol. The topological polar surface area (TPSA) is 75.6 Å². The quantitative estimate of drug-likeness (QED) is 0.751. The van der Waals surface area contributed by atoms with E-state index in [4.69, 9.17) is 9.84 Å². The molecule has 5 heteroatoms. The van der Waals surface area contributed by atoms with Crippen molar-refractivity contribution >= 4 is 11.9 Å². The number of carboxylic acids is 1. The van der Waals surface area contributed by atoms with Crippen molar-refractivity contribution in [3.63, 3.8) is 0 Å². The van der Waals surface area contributed by atoms with E-state index in [1.54, 1.807) is 20.1 Å². The van der Waals surface area contributed by atoms with Crippen LogP contribution in [0.5, 0.6) is 0 Å². The number of methoxy groups -OCH3 is 1. The average molecular weight is 237 g/mol. The Morgan fingerprint density at radius 1 is 1.41 bits per heavy atom. The second kappa shape index (κ2) is 6.00. The van der Waals surface area contributed by atoms with Gasteiger partial charge in [-0.1, -0.05) is 6.07 Å². The summed E-state index contributed by atoms with van der Waals surface area (Å²) in [6, 6.07) is 4.47. The molecule has 0 aliphatic carbocycles. The van der Waals surface area contributed by atoms with E-state index < -0.39 is 5.97 Å². The first-order valence-electron chi connectivity index (χ1n) is 5.17. The van der Waals surface area contributed by atoms with Crippen LogP contribution in [-0.4, -0.2) is 37.2 Å². The molecule has 0 aliphatic heterocycles. The Bertz CT molecular complexity index is 429. The first-order chi connectivity index (χ1) is 8.06. The highest BCUT2D eigenvalue weighted by molar-refractivity contribution is 5.98. The van der Waals surface area contributed by atoms with Gasteiger partial charge in [-0.2, -0.15) is 0 Å². The normalized spacial score (nSPS) is 10.0. The van der Waals surface area contributed by atoms with Crippen LogP contribution in [0, 0.1) is 6.92 Å². The third-order valence-corrected chi connectivity index (χ3v) is 2.32. The van der Waals surface area contributed by atoms with Gasteiger partial charge in [0.15, 0.2) is 0 Å². The Balaban J connectivity index is 2.84. The van der Waals surface area contributed by atoms with Crippen molar-refractivity contribution in [3.8, 4) is 0 Å². The molecule has 17 heavy (non-hydrogen) atoms. The van der Waals surface area contributed by atoms with Crippen molar-refractivity contribution in [3.05, 3.63) is 34.9 Å². The zero-order valence-electron chi connectivity index (χ0n) is 9.82. The number of carbonyl (C=O) groups is 2. The van der Waals surface area contributed by atoms with Crippen LogP contribution >= 0.6 is 0 Å². The fraction of sp³-hybridized carbons (Fsp3) is 0.333. The van der Waals surface area contributed by atoms with Gasteiger partial charge < -0.3 is 15.2 Å². The van der Waals surface area contributed by atoms with Gasteiger partial charge in [-0.15, -0.1) is 0 Å². The van der Waals surface area contributed by atoms with Crippen LogP contribution in [0.15, 0.2) is 18.2 Å². The highest BCUT2D eigenvalue weighted by Crippen LogP contribution is 2.11. The molecular formula is C12H15NO4. The number of carbonyl (C=O) groups excluding carboxylic acids is 1. The molecule has 0 fully saturated rings. The van der Waals surface area contributed by atoms with Crippen LogP contribution in [0.25, 0.3) is 0 Å². The summed E-state index contributed by atoms with van der Waals surface area (Å²) in [5.41, 5.74) is 1.22. The van der Waals surface area contributed by atoms with Crippen molar-refractivity contribution in [2.24, 2.45) is 0 Å². The SMILES string of the molecule is COCCNC(=O)c1cc(C(=O)O)ccc1C. The average Bonchev–Trinajstić information content (AvgIpc) is 2.29. The van der Waals surface area contributed by atoms with E-state index in [1.165, 1.54) is 12.1 Å². The molecule has 0 aliphatic rings. The van der Waals surface area contributed by atoms with Gasteiger partial charge in [0, 0.05) is 19.2 Å². The van der Waals surface area contributed by atoms with E-state index in [9.17, 15) is 9.59 Å². The lowest BCUT2D eigenvalue weighted by Crippen LogP contribution is -2.27. The second-order valence-electron chi connectivity index (χ2n) is 3.58. The predicted octanol–water partition coefficient (Wildman–Crippen LogP) is 1.07. The minimum absolute atomic E-state index is 0.104. The van der Waals surface area contributed by atoms with Gasteiger partial charge in [0.2, 0.25) is 0 Å². The summed E-state index contributed by atoms with van der Waals surface area (Å²) in [6.07, 6.45) is 0. The van der Waals surface area contributed by atoms with Crippen molar-refractivity contribution in [1.29, 1.82) is 0 Å². The molecule has 0 unspecified atom stereocenters. The number of hydrogen-bond donors (Lipinski definition) is 2. The minimum atomic E-state index is -1.05. The molecule has 1 amide bonds. The van der Waals surface area contributed by atoms with Crippen LogP contribution in [0.1, 0.15) is 26.3 Å². The summed E-state index contributed by atoms with van der Waals surface area (Å²) in [6.45, 7) is 2.58. The fourth-order valence-corrected chi connectivity index (χ4v) is 1.36. The van der Waals surface area contributed by atoms with Crippen molar-refractivity contribution in [2.45, 2.75) is 6.92 Å². The summed E-state index contributed by atoms with van der Waals surface area (Å²) >= 11 is 0. The van der Waals surface area contributed by atoms with Gasteiger partial charge in [0.1, 0.15) is 0 Å². The molecule has 5 nitrogen and oxygen atoms in total. The summed E-state index contributed by atoms with van der Waals surface area (Å²) in [4.78, 5) is 22.6. The molecule has 0 saturated heterocycles. The van der Waals surface area contributed by atoms with Gasteiger partial charge in [0.05, 0.1) is 12.2 Å². The number of aryl methyl sites for hydroxylation is 1. The Labute approximate surface area is 99.4 Å². The molecule has 0 heterocycles. The van der Waals surface area contributed by atoms with Crippen LogP contribution in [0.2, 0.25) is 0 Å². The summed E-state index contributed by atoms with van der Waals surface area (Å²) in [5, 5.41) is 11.5. The molecule has 0 bridgehead atoms. The summed E-state index contributed by atoms with van der Waals surface area (Å²) in [7, 11) is 1.54. The van der Waals surface area contributed by atoms with Crippen molar-refractivity contribution in [1.82, 2.24) is 5.32 Å². The maximum absolute atomic E-state index is 11.8. The number of aromatic carboxylic acids is 1. The summed E-state index contributed by atoms with van der Waals surface area (Å²) in [5.74, 6) is -1.33. The minimum Gasteiger partial charge on any atom is -0.478 e. The molecule has 0 saturated carbocycles. The van der Waals surface area contributed by atoms with Gasteiger partial charge in [-0.05, 0) is 24.6 Å². The molecule has 0 aromatic heterocycles. The first-order valence-corrected chi connectivity index (χ1v) is 5.17. The lowest BCUT2D eigenvalue weighted by atomic mass is 10.0. The molecule has 92 valence electrons. The monoisotopic (exact) mass is 237 g/mol. The fourth-order valence-electron chi connectivity index (χ4n) is 1.36. The van der Waals surface area contributed by atoms with Gasteiger partial charge in [-0.25, -0.2) is 4.79 Å². The first kappa shape index (κ1) is 13.2. The highest BCUT2D eigenvalue weighted by atomic mass is 16.5. The zero-order chi connectivity index (χ0) is 12.8. The highest BCUT2D eigenvalue weighted by Gasteiger charge is 2.11. The van der Waals surface area contributed by atoms with Crippen LogP contribution < -0.4 is 5.32 Å². The molecule has 1 aromatic carbocycles. The number of hydrogen-bond acceptors (Lipinski definition) is 3. The van der Waals surface area contributed by atoms with E-state index in [0.29, 0.717) is 18.7 Å². The number of benzene rings is 1. The number of amides is 1. The summed E-state index contributed by atoms with van der Waals surface area (Å²) < 4.78 is 4.81. The van der Waals surface area contributed by atoms with Gasteiger partial charge >= 0.3 is 5.97 Å². The third-order valence-electron chi connectivity index (χ3n) is 2.32. The zero-order valence-corrected chi connectivity index (χ0v) is 9.82. The molecule has 2 N–H and O–H groups in total. The van der Waals surface area contributed by atoms with E-state index in [-0.39, 0.29) is 11.5 Å². The number of rotatable bonds is 5. The predicted molar refractivity (Wildman–Crippen MR) is 62.3 cm³/mol. The molecule has 0 atom stereocenters. The van der Waals surface area contributed by atoms with Crippen LogP contribution in [0.3, 0.4) is 0 Å².